The Morgan fingerprint density at radius 2 is 1.57 bits per heavy atom. The largest absolute Gasteiger partial charge is 0.503 e. The molecule has 3 rings (SSSR count). The standard InChI is InChI=1S/C22H19NO5/c1-25-15-20(22(24)26-2)19-12-7-13-23-21(19)28-18-11-6-10-17(14-18)27-16-8-4-3-5-9-16/h3-15H,1-2H3/b20-15+. The number of nitrogens with zero attached hydrogens (tertiary/aromatic N) is 1. The molecule has 0 aliphatic heterocycles. The van der Waals surface area contributed by atoms with Gasteiger partial charge in [0.25, 0.3) is 0 Å². The molecule has 0 amide bonds. The van der Waals surface area contributed by atoms with Crippen LogP contribution < -0.4 is 9.47 Å². The van der Waals surface area contributed by atoms with Crippen LogP contribution in [0, 0.1) is 0 Å². The number of methoxy groups -OCH3 is 2. The van der Waals surface area contributed by atoms with Gasteiger partial charge >= 0.3 is 5.97 Å². The lowest BCUT2D eigenvalue weighted by molar-refractivity contribution is -0.133. The molecule has 0 aliphatic carbocycles. The summed E-state index contributed by atoms with van der Waals surface area (Å²) < 4.78 is 21.6. The van der Waals surface area contributed by atoms with Crippen LogP contribution in [0.25, 0.3) is 5.57 Å². The Kier molecular flexibility index (Phi) is 6.25. The van der Waals surface area contributed by atoms with Crippen molar-refractivity contribution in [3.63, 3.8) is 0 Å². The van der Waals surface area contributed by atoms with Crippen LogP contribution in [-0.2, 0) is 14.3 Å². The average Bonchev–Trinajstić information content (AvgIpc) is 2.73. The third-order valence-corrected chi connectivity index (χ3v) is 3.70. The van der Waals surface area contributed by atoms with E-state index in [1.54, 1.807) is 30.5 Å². The number of ether oxygens (including phenoxy) is 4. The molecule has 0 fully saturated rings. The maximum atomic E-state index is 12.1. The zero-order chi connectivity index (χ0) is 19.8. The van der Waals surface area contributed by atoms with E-state index in [-0.39, 0.29) is 11.5 Å². The number of hydrogen-bond donors (Lipinski definition) is 0. The van der Waals surface area contributed by atoms with E-state index in [4.69, 9.17) is 18.9 Å². The molecule has 0 unspecified atom stereocenters. The number of carbonyl (C=O) groups excluding carboxylic acids is 1. The van der Waals surface area contributed by atoms with Gasteiger partial charge in [0.1, 0.15) is 22.8 Å². The predicted molar refractivity (Wildman–Crippen MR) is 104 cm³/mol. The number of benzene rings is 2. The van der Waals surface area contributed by atoms with Gasteiger partial charge in [-0.3, -0.25) is 0 Å². The molecule has 3 aromatic rings. The monoisotopic (exact) mass is 377 g/mol. The molecule has 28 heavy (non-hydrogen) atoms. The molecule has 6 heteroatoms. The summed E-state index contributed by atoms with van der Waals surface area (Å²) in [5.41, 5.74) is 0.648. The van der Waals surface area contributed by atoms with E-state index in [0.717, 1.165) is 0 Å². The van der Waals surface area contributed by atoms with Crippen molar-refractivity contribution in [2.45, 2.75) is 0 Å². The molecular formula is C22H19NO5. The van der Waals surface area contributed by atoms with Crippen molar-refractivity contribution in [3.8, 4) is 23.1 Å². The lowest BCUT2D eigenvalue weighted by Gasteiger charge is -2.12. The van der Waals surface area contributed by atoms with Crippen LogP contribution in [0.4, 0.5) is 0 Å². The molecular weight excluding hydrogens is 358 g/mol. The van der Waals surface area contributed by atoms with Gasteiger partial charge in [-0.05, 0) is 36.4 Å². The molecule has 6 nitrogen and oxygen atoms in total. The first-order valence-corrected chi connectivity index (χ1v) is 8.48. The molecule has 1 aromatic heterocycles. The van der Waals surface area contributed by atoms with Crippen LogP contribution in [0.2, 0.25) is 0 Å². The lowest BCUT2D eigenvalue weighted by Crippen LogP contribution is -2.06. The normalized spacial score (nSPS) is 10.9. The fourth-order valence-corrected chi connectivity index (χ4v) is 2.46. The van der Waals surface area contributed by atoms with E-state index in [2.05, 4.69) is 4.98 Å². The summed E-state index contributed by atoms with van der Waals surface area (Å²) in [7, 11) is 2.75. The number of hydrogen-bond acceptors (Lipinski definition) is 6. The summed E-state index contributed by atoms with van der Waals surface area (Å²) in [4.78, 5) is 16.3. The van der Waals surface area contributed by atoms with Crippen molar-refractivity contribution in [1.29, 1.82) is 0 Å². The molecule has 1 heterocycles. The van der Waals surface area contributed by atoms with E-state index >= 15 is 0 Å². The van der Waals surface area contributed by atoms with E-state index in [9.17, 15) is 4.79 Å². The highest BCUT2D eigenvalue weighted by atomic mass is 16.5. The second-order valence-electron chi connectivity index (χ2n) is 5.61. The van der Waals surface area contributed by atoms with Crippen molar-refractivity contribution in [3.05, 3.63) is 84.8 Å². The Morgan fingerprint density at radius 3 is 2.29 bits per heavy atom. The van der Waals surface area contributed by atoms with E-state index in [0.29, 0.717) is 22.8 Å². The molecule has 0 spiro atoms. The molecule has 0 radical (unpaired) electrons. The highest BCUT2D eigenvalue weighted by Crippen LogP contribution is 2.31. The maximum Gasteiger partial charge on any atom is 0.341 e. The Bertz CT molecular complexity index is 969. The van der Waals surface area contributed by atoms with Gasteiger partial charge < -0.3 is 18.9 Å². The maximum absolute atomic E-state index is 12.1. The Morgan fingerprint density at radius 1 is 0.857 bits per heavy atom. The van der Waals surface area contributed by atoms with Crippen LogP contribution in [0.3, 0.4) is 0 Å². The minimum absolute atomic E-state index is 0.199. The third kappa shape index (κ3) is 4.67. The Labute approximate surface area is 163 Å². The van der Waals surface area contributed by atoms with Gasteiger partial charge in [0, 0.05) is 12.3 Å². The lowest BCUT2D eigenvalue weighted by atomic mass is 10.1. The average molecular weight is 377 g/mol. The number of pyridine rings is 1. The van der Waals surface area contributed by atoms with E-state index in [1.165, 1.54) is 20.5 Å². The van der Waals surface area contributed by atoms with Gasteiger partial charge in [-0.2, -0.15) is 0 Å². The Hall–Kier alpha value is -3.80. The zero-order valence-corrected chi connectivity index (χ0v) is 15.5. The van der Waals surface area contributed by atoms with Crippen molar-refractivity contribution in [1.82, 2.24) is 4.98 Å². The topological polar surface area (TPSA) is 66.9 Å². The fourth-order valence-electron chi connectivity index (χ4n) is 2.46. The minimum Gasteiger partial charge on any atom is -0.503 e. The summed E-state index contributed by atoms with van der Waals surface area (Å²) >= 11 is 0. The highest BCUT2D eigenvalue weighted by Gasteiger charge is 2.19. The molecule has 0 saturated carbocycles. The molecule has 0 aliphatic rings. The van der Waals surface area contributed by atoms with Gasteiger partial charge in [-0.1, -0.05) is 24.3 Å². The van der Waals surface area contributed by atoms with E-state index in [1.807, 2.05) is 42.5 Å². The molecule has 0 saturated heterocycles. The van der Waals surface area contributed by atoms with Gasteiger partial charge in [0.05, 0.1) is 26.0 Å². The number of esters is 1. The summed E-state index contributed by atoms with van der Waals surface area (Å²) in [6.07, 6.45) is 2.87. The van der Waals surface area contributed by atoms with Crippen molar-refractivity contribution in [2.24, 2.45) is 0 Å². The van der Waals surface area contributed by atoms with Crippen molar-refractivity contribution >= 4 is 11.5 Å². The molecule has 142 valence electrons. The number of aromatic nitrogens is 1. The number of para-hydroxylation sites is 1. The highest BCUT2D eigenvalue weighted by molar-refractivity contribution is 6.16. The molecule has 0 bridgehead atoms. The first kappa shape index (κ1) is 19.0. The third-order valence-electron chi connectivity index (χ3n) is 3.70. The van der Waals surface area contributed by atoms with Crippen molar-refractivity contribution in [2.75, 3.05) is 14.2 Å². The summed E-state index contributed by atoms with van der Waals surface area (Å²) in [6.45, 7) is 0. The van der Waals surface area contributed by atoms with E-state index < -0.39 is 5.97 Å². The number of carbonyl (C=O) groups is 1. The van der Waals surface area contributed by atoms with Gasteiger partial charge in [-0.25, -0.2) is 9.78 Å². The fraction of sp³-hybridized carbons (Fsp3) is 0.0909. The second-order valence-corrected chi connectivity index (χ2v) is 5.61. The van der Waals surface area contributed by atoms with Gasteiger partial charge in [0.15, 0.2) is 0 Å². The zero-order valence-electron chi connectivity index (χ0n) is 15.5. The van der Waals surface area contributed by atoms with Gasteiger partial charge in [0.2, 0.25) is 5.88 Å². The summed E-state index contributed by atoms with van der Waals surface area (Å²) in [5.74, 6) is 1.53. The number of rotatable bonds is 7. The van der Waals surface area contributed by atoms with Crippen LogP contribution in [0.5, 0.6) is 23.1 Å². The quantitative estimate of drug-likeness (QED) is 0.334. The SMILES string of the molecule is CO/C=C(/C(=O)OC)c1cccnc1Oc1cccc(Oc2ccccc2)c1. The molecule has 0 N–H and O–H groups in total. The van der Waals surface area contributed by atoms with Gasteiger partial charge in [-0.15, -0.1) is 0 Å². The van der Waals surface area contributed by atoms with Crippen LogP contribution in [0.15, 0.2) is 79.2 Å². The first-order valence-electron chi connectivity index (χ1n) is 8.48. The molecule has 0 atom stereocenters. The smallest absolute Gasteiger partial charge is 0.341 e. The van der Waals surface area contributed by atoms with Crippen LogP contribution >= 0.6 is 0 Å². The van der Waals surface area contributed by atoms with Crippen molar-refractivity contribution < 1.29 is 23.7 Å². The second kappa shape index (κ2) is 9.23. The van der Waals surface area contributed by atoms with Crippen LogP contribution in [-0.4, -0.2) is 25.2 Å². The minimum atomic E-state index is -0.555. The summed E-state index contributed by atoms with van der Waals surface area (Å²) in [6, 6.07) is 20.0. The molecule has 2 aromatic carbocycles. The Balaban J connectivity index is 1.87. The van der Waals surface area contributed by atoms with Crippen LogP contribution in [0.1, 0.15) is 5.56 Å². The summed E-state index contributed by atoms with van der Waals surface area (Å²) in [5, 5.41) is 0. The predicted octanol–water partition coefficient (Wildman–Crippen LogP) is 4.83. The first-order chi connectivity index (χ1) is 13.7.